The summed E-state index contributed by atoms with van der Waals surface area (Å²) in [6, 6.07) is 8.09. The quantitative estimate of drug-likeness (QED) is 0.752. The van der Waals surface area contributed by atoms with Crippen molar-refractivity contribution >= 4 is 0 Å². The molecule has 170 valence electrons. The van der Waals surface area contributed by atoms with E-state index in [-0.39, 0.29) is 11.1 Å². The molecular weight excluding hydrogens is 402 g/mol. The highest BCUT2D eigenvalue weighted by molar-refractivity contribution is 5.26. The SMILES string of the molecule is CN(Cc1cc2n(c(=O)c1)CC1CNCC2C1)Cc1cc2n(c(=O)c1)CC1CNCC2C1. The predicted molar refractivity (Wildman–Crippen MR) is 124 cm³/mol. The van der Waals surface area contributed by atoms with E-state index in [0.717, 1.165) is 50.4 Å². The van der Waals surface area contributed by atoms with Crippen molar-refractivity contribution in [1.29, 1.82) is 0 Å². The second-order valence-corrected chi connectivity index (χ2v) is 10.6. The van der Waals surface area contributed by atoms with Gasteiger partial charge in [-0.05, 0) is 68.1 Å². The van der Waals surface area contributed by atoms with Crippen LogP contribution in [-0.4, -0.2) is 47.3 Å². The van der Waals surface area contributed by atoms with Gasteiger partial charge in [0.1, 0.15) is 0 Å². The summed E-state index contributed by atoms with van der Waals surface area (Å²) in [7, 11) is 2.07. The molecule has 2 aromatic heterocycles. The van der Waals surface area contributed by atoms with E-state index in [1.165, 1.54) is 24.2 Å². The lowest BCUT2D eigenvalue weighted by Crippen LogP contribution is -2.45. The van der Waals surface area contributed by atoms with Gasteiger partial charge in [-0.3, -0.25) is 14.5 Å². The summed E-state index contributed by atoms with van der Waals surface area (Å²) < 4.78 is 4.00. The molecule has 2 fully saturated rings. The smallest absolute Gasteiger partial charge is 0.251 e. The first-order chi connectivity index (χ1) is 15.5. The van der Waals surface area contributed by atoms with E-state index >= 15 is 0 Å². The van der Waals surface area contributed by atoms with Crippen molar-refractivity contribution in [3.05, 3.63) is 67.5 Å². The number of hydrogen-bond acceptors (Lipinski definition) is 5. The molecule has 2 N–H and O–H groups in total. The number of hydrogen-bond donors (Lipinski definition) is 2. The minimum Gasteiger partial charge on any atom is -0.316 e. The van der Waals surface area contributed by atoms with Crippen LogP contribution in [0, 0.1) is 11.8 Å². The van der Waals surface area contributed by atoms with Gasteiger partial charge in [0, 0.05) is 74.6 Å². The Morgan fingerprint density at radius 3 is 1.72 bits per heavy atom. The second kappa shape index (κ2) is 7.97. The monoisotopic (exact) mass is 435 g/mol. The molecule has 6 rings (SSSR count). The van der Waals surface area contributed by atoms with Crippen LogP contribution in [0.3, 0.4) is 0 Å². The van der Waals surface area contributed by atoms with Gasteiger partial charge in [0.25, 0.3) is 11.1 Å². The van der Waals surface area contributed by atoms with Crippen molar-refractivity contribution in [3.8, 4) is 0 Å². The molecule has 0 radical (unpaired) electrons. The van der Waals surface area contributed by atoms with Crippen LogP contribution in [0.4, 0.5) is 0 Å². The molecule has 4 bridgehead atoms. The molecule has 0 spiro atoms. The van der Waals surface area contributed by atoms with Gasteiger partial charge in [-0.25, -0.2) is 0 Å². The van der Waals surface area contributed by atoms with E-state index < -0.39 is 0 Å². The van der Waals surface area contributed by atoms with Gasteiger partial charge in [-0.15, -0.1) is 0 Å². The van der Waals surface area contributed by atoms with E-state index in [1.54, 1.807) is 0 Å². The predicted octanol–water partition coefficient (Wildman–Crippen LogP) is 1.06. The highest BCUT2D eigenvalue weighted by atomic mass is 16.1. The van der Waals surface area contributed by atoms with E-state index in [0.29, 0.717) is 36.8 Å². The first-order valence-electron chi connectivity index (χ1n) is 12.1. The zero-order chi connectivity index (χ0) is 21.8. The van der Waals surface area contributed by atoms with Crippen LogP contribution in [0.1, 0.15) is 47.2 Å². The lowest BCUT2D eigenvalue weighted by atomic mass is 9.83. The van der Waals surface area contributed by atoms with Gasteiger partial charge in [0.05, 0.1) is 0 Å². The molecule has 0 saturated carbocycles. The van der Waals surface area contributed by atoms with Crippen molar-refractivity contribution in [2.45, 2.75) is 50.9 Å². The van der Waals surface area contributed by atoms with Crippen molar-refractivity contribution in [1.82, 2.24) is 24.7 Å². The molecule has 0 aromatic carbocycles. The fourth-order valence-corrected chi connectivity index (χ4v) is 6.58. The third-order valence-corrected chi connectivity index (χ3v) is 7.95. The Labute approximate surface area is 188 Å². The van der Waals surface area contributed by atoms with E-state index in [9.17, 15) is 9.59 Å². The maximum Gasteiger partial charge on any atom is 0.251 e. The Morgan fingerprint density at radius 2 is 1.25 bits per heavy atom. The van der Waals surface area contributed by atoms with Gasteiger partial charge in [0.15, 0.2) is 0 Å². The van der Waals surface area contributed by atoms with Gasteiger partial charge in [0.2, 0.25) is 0 Å². The summed E-state index contributed by atoms with van der Waals surface area (Å²) in [6.45, 7) is 7.05. The molecule has 7 nitrogen and oxygen atoms in total. The molecule has 7 heteroatoms. The second-order valence-electron chi connectivity index (χ2n) is 10.6. The number of piperidine rings is 2. The Hall–Kier alpha value is -2.22. The minimum atomic E-state index is 0.133. The van der Waals surface area contributed by atoms with Crippen molar-refractivity contribution in [2.24, 2.45) is 11.8 Å². The van der Waals surface area contributed by atoms with Crippen molar-refractivity contribution in [3.63, 3.8) is 0 Å². The molecule has 2 aromatic rings. The van der Waals surface area contributed by atoms with Gasteiger partial charge in [-0.2, -0.15) is 0 Å². The number of rotatable bonds is 4. The number of aromatic nitrogens is 2. The third kappa shape index (κ3) is 3.66. The van der Waals surface area contributed by atoms with Crippen LogP contribution in [0.15, 0.2) is 33.9 Å². The molecule has 0 amide bonds. The maximum absolute atomic E-state index is 12.8. The molecule has 6 heterocycles. The average Bonchev–Trinajstić information content (AvgIpc) is 2.76. The Morgan fingerprint density at radius 1 is 0.781 bits per heavy atom. The lowest BCUT2D eigenvalue weighted by molar-refractivity contribution is 0.254. The first-order valence-corrected chi connectivity index (χ1v) is 12.1. The molecule has 4 aliphatic rings. The van der Waals surface area contributed by atoms with Crippen LogP contribution < -0.4 is 21.8 Å². The standard InChI is InChI=1S/C25H33N5O2/c1-28(12-16-4-22-20-2-18(8-26-10-20)14-29(22)24(31)6-16)13-17-5-23-21-3-19(9-27-11-21)15-30(23)25(32)7-17/h4-7,18-21,26-27H,2-3,8-15H2,1H3. The van der Waals surface area contributed by atoms with Crippen LogP contribution in [0.2, 0.25) is 0 Å². The minimum absolute atomic E-state index is 0.133. The zero-order valence-electron chi connectivity index (χ0n) is 18.8. The zero-order valence-corrected chi connectivity index (χ0v) is 18.8. The van der Waals surface area contributed by atoms with E-state index in [1.807, 2.05) is 21.3 Å². The van der Waals surface area contributed by atoms with Gasteiger partial charge < -0.3 is 19.8 Å². The molecule has 4 unspecified atom stereocenters. The number of fused-ring (bicyclic) bond motifs is 8. The fraction of sp³-hybridized carbons (Fsp3) is 0.600. The van der Waals surface area contributed by atoms with Crippen LogP contribution in [-0.2, 0) is 26.2 Å². The first kappa shape index (κ1) is 20.4. The Kier molecular flexibility index (Phi) is 5.08. The topological polar surface area (TPSA) is 71.3 Å². The molecule has 2 saturated heterocycles. The lowest BCUT2D eigenvalue weighted by Gasteiger charge is -2.38. The average molecular weight is 436 g/mol. The summed E-state index contributed by atoms with van der Waals surface area (Å²) >= 11 is 0. The summed E-state index contributed by atoms with van der Waals surface area (Å²) in [5.41, 5.74) is 4.79. The normalized spacial score (nSPS) is 28.3. The largest absolute Gasteiger partial charge is 0.316 e. The summed E-state index contributed by atoms with van der Waals surface area (Å²) in [5, 5.41) is 7.05. The van der Waals surface area contributed by atoms with Crippen molar-refractivity contribution < 1.29 is 0 Å². The van der Waals surface area contributed by atoms with Crippen LogP contribution >= 0.6 is 0 Å². The molecule has 0 aliphatic carbocycles. The highest BCUT2D eigenvalue weighted by Gasteiger charge is 2.32. The maximum atomic E-state index is 12.8. The summed E-state index contributed by atoms with van der Waals surface area (Å²) in [6.07, 6.45) is 2.36. The Bertz CT molecular complexity index is 1060. The number of nitrogens with zero attached hydrogens (tertiary/aromatic N) is 3. The van der Waals surface area contributed by atoms with E-state index in [4.69, 9.17) is 0 Å². The molecule has 4 aliphatic heterocycles. The van der Waals surface area contributed by atoms with Gasteiger partial charge in [-0.1, -0.05) is 0 Å². The number of pyridine rings is 2. The van der Waals surface area contributed by atoms with Crippen molar-refractivity contribution in [2.75, 3.05) is 33.2 Å². The summed E-state index contributed by atoms with van der Waals surface area (Å²) in [4.78, 5) is 27.9. The Balaban J connectivity index is 1.22. The third-order valence-electron chi connectivity index (χ3n) is 7.95. The van der Waals surface area contributed by atoms with Crippen LogP contribution in [0.5, 0.6) is 0 Å². The fourth-order valence-electron chi connectivity index (χ4n) is 6.58. The molecule has 4 atom stereocenters. The molecule has 32 heavy (non-hydrogen) atoms. The van der Waals surface area contributed by atoms with Gasteiger partial charge >= 0.3 is 0 Å². The van der Waals surface area contributed by atoms with Crippen LogP contribution in [0.25, 0.3) is 0 Å². The molecular formula is C25H33N5O2. The van der Waals surface area contributed by atoms with E-state index in [2.05, 4.69) is 34.7 Å². The highest BCUT2D eigenvalue weighted by Crippen LogP contribution is 2.33. The summed E-state index contributed by atoms with van der Waals surface area (Å²) in [5.74, 6) is 2.03. The number of nitrogens with one attached hydrogen (secondary N) is 2.